The lowest BCUT2D eigenvalue weighted by atomic mass is 10.2. The number of hydrogen-bond donors (Lipinski definition) is 1. The van der Waals surface area contributed by atoms with Gasteiger partial charge >= 0.3 is 0 Å². The summed E-state index contributed by atoms with van der Waals surface area (Å²) in [5.74, 6) is 0.650. The zero-order valence-electron chi connectivity index (χ0n) is 17.1. The molecule has 0 spiro atoms. The van der Waals surface area contributed by atoms with Crippen LogP contribution in [0.15, 0.2) is 76.8 Å². The Morgan fingerprint density at radius 2 is 1.88 bits per heavy atom. The maximum atomic E-state index is 13.4. The minimum atomic E-state index is -0.322. The molecule has 5 rings (SSSR count). The van der Waals surface area contributed by atoms with E-state index in [1.165, 1.54) is 40.7 Å². The molecule has 0 radical (unpaired) electrons. The Kier molecular flexibility index (Phi) is 5.46. The second-order valence-electron chi connectivity index (χ2n) is 7.22. The zero-order valence-corrected chi connectivity index (χ0v) is 18.0. The number of nitriles is 1. The number of nitrogens with one attached hydrogen (secondary N) is 1. The molecule has 0 unspecified atom stereocenters. The Balaban J connectivity index is 1.49. The molecule has 0 atom stereocenters. The Bertz CT molecular complexity index is 1530. The van der Waals surface area contributed by atoms with Crippen molar-refractivity contribution < 1.29 is 4.39 Å². The lowest BCUT2D eigenvalue weighted by Crippen LogP contribution is -2.15. The molecule has 0 saturated carbocycles. The highest BCUT2D eigenvalue weighted by Crippen LogP contribution is 2.27. The van der Waals surface area contributed by atoms with Crippen molar-refractivity contribution in [3.63, 3.8) is 0 Å². The van der Waals surface area contributed by atoms with Crippen LogP contribution < -0.4 is 5.56 Å². The van der Waals surface area contributed by atoms with Crippen LogP contribution in [0.2, 0.25) is 0 Å². The second kappa shape index (κ2) is 8.72. The van der Waals surface area contributed by atoms with Crippen LogP contribution in [0, 0.1) is 17.1 Å². The molecular formula is C23H16FN7OS. The first kappa shape index (κ1) is 20.7. The van der Waals surface area contributed by atoms with Crippen LogP contribution in [-0.4, -0.2) is 29.4 Å². The molecule has 2 aromatic carbocycles. The van der Waals surface area contributed by atoms with Crippen molar-refractivity contribution in [2.45, 2.75) is 17.5 Å². The number of aromatic amines is 1. The quantitative estimate of drug-likeness (QED) is 0.391. The van der Waals surface area contributed by atoms with Gasteiger partial charge < -0.3 is 0 Å². The molecule has 1 N–H and O–H groups in total. The van der Waals surface area contributed by atoms with Crippen LogP contribution >= 0.6 is 11.8 Å². The van der Waals surface area contributed by atoms with E-state index in [1.807, 2.05) is 41.0 Å². The van der Waals surface area contributed by atoms with Gasteiger partial charge in [0.2, 0.25) is 0 Å². The third kappa shape index (κ3) is 4.14. The predicted octanol–water partition coefficient (Wildman–Crippen LogP) is 3.63. The summed E-state index contributed by atoms with van der Waals surface area (Å²) in [4.78, 5) is 16.8. The van der Waals surface area contributed by atoms with Gasteiger partial charge in [-0.05, 0) is 29.8 Å². The van der Waals surface area contributed by atoms with Crippen molar-refractivity contribution in [3.05, 3.63) is 99.9 Å². The summed E-state index contributed by atoms with van der Waals surface area (Å²) in [5.41, 5.74) is 2.62. The van der Waals surface area contributed by atoms with E-state index < -0.39 is 0 Å². The number of rotatable bonds is 6. The molecule has 8 nitrogen and oxygen atoms in total. The van der Waals surface area contributed by atoms with Crippen molar-refractivity contribution in [2.75, 3.05) is 0 Å². The van der Waals surface area contributed by atoms with Crippen LogP contribution in [0.4, 0.5) is 4.39 Å². The molecule has 162 valence electrons. The van der Waals surface area contributed by atoms with Gasteiger partial charge in [0.25, 0.3) is 5.56 Å². The summed E-state index contributed by atoms with van der Waals surface area (Å²) in [6.45, 7) is 0.522. The Hall–Kier alpha value is -4.23. The van der Waals surface area contributed by atoms with Gasteiger partial charge in [-0.3, -0.25) is 14.5 Å². The van der Waals surface area contributed by atoms with E-state index >= 15 is 0 Å². The molecule has 0 fully saturated rings. The fraction of sp³-hybridized carbons (Fsp3) is 0.0870. The van der Waals surface area contributed by atoms with E-state index in [0.717, 1.165) is 11.1 Å². The van der Waals surface area contributed by atoms with Crippen LogP contribution in [0.5, 0.6) is 0 Å². The minimum Gasteiger partial charge on any atom is -0.298 e. The molecule has 0 bridgehead atoms. The topological polar surface area (TPSA) is 105 Å². The summed E-state index contributed by atoms with van der Waals surface area (Å²) in [6, 6.07) is 19.4. The monoisotopic (exact) mass is 457 g/mol. The van der Waals surface area contributed by atoms with Crippen LogP contribution in [0.1, 0.15) is 16.8 Å². The molecule has 0 amide bonds. The number of benzene rings is 2. The fourth-order valence-electron chi connectivity index (χ4n) is 3.44. The van der Waals surface area contributed by atoms with Crippen molar-refractivity contribution in [2.24, 2.45) is 0 Å². The van der Waals surface area contributed by atoms with Crippen LogP contribution in [0.3, 0.4) is 0 Å². The van der Waals surface area contributed by atoms with Crippen molar-refractivity contribution in [1.82, 2.24) is 29.4 Å². The Labute approximate surface area is 191 Å². The van der Waals surface area contributed by atoms with Crippen LogP contribution in [0.25, 0.3) is 17.0 Å². The van der Waals surface area contributed by atoms with E-state index in [9.17, 15) is 14.4 Å². The Morgan fingerprint density at radius 1 is 1.09 bits per heavy atom. The van der Waals surface area contributed by atoms with Crippen molar-refractivity contribution >= 4 is 17.4 Å². The summed E-state index contributed by atoms with van der Waals surface area (Å²) in [6.07, 6.45) is 1.45. The first-order chi connectivity index (χ1) is 16.1. The molecule has 3 heterocycles. The SMILES string of the molecule is N#Cc1c[nH]n2c(=O)cc(CSc3nnc(-c4ccc(F)cc4)n3Cc3ccccc3)nc12. The maximum absolute atomic E-state index is 13.4. The molecular weight excluding hydrogens is 441 g/mol. The minimum absolute atomic E-state index is 0.290. The van der Waals surface area contributed by atoms with Gasteiger partial charge in [0, 0.05) is 23.6 Å². The average molecular weight is 457 g/mol. The Morgan fingerprint density at radius 3 is 2.64 bits per heavy atom. The predicted molar refractivity (Wildman–Crippen MR) is 121 cm³/mol. The molecule has 10 heteroatoms. The largest absolute Gasteiger partial charge is 0.298 e. The van der Waals surface area contributed by atoms with Gasteiger partial charge in [0.15, 0.2) is 16.6 Å². The zero-order chi connectivity index (χ0) is 22.8. The van der Waals surface area contributed by atoms with Crippen molar-refractivity contribution in [1.29, 1.82) is 5.26 Å². The first-order valence-corrected chi connectivity index (χ1v) is 11.0. The normalized spacial score (nSPS) is 11.0. The third-order valence-corrected chi connectivity index (χ3v) is 6.02. The summed E-state index contributed by atoms with van der Waals surface area (Å²) >= 11 is 1.38. The molecule has 0 aliphatic rings. The van der Waals surface area contributed by atoms with Gasteiger partial charge in [-0.2, -0.15) is 5.26 Å². The first-order valence-electron chi connectivity index (χ1n) is 9.98. The van der Waals surface area contributed by atoms with Gasteiger partial charge in [-0.25, -0.2) is 13.9 Å². The number of aromatic nitrogens is 6. The number of fused-ring (bicyclic) bond motifs is 1. The van der Waals surface area contributed by atoms with Gasteiger partial charge in [0.05, 0.1) is 12.2 Å². The second-order valence-corrected chi connectivity index (χ2v) is 8.16. The van der Waals surface area contributed by atoms with E-state index in [4.69, 9.17) is 0 Å². The van der Waals surface area contributed by atoms with E-state index in [-0.39, 0.29) is 11.4 Å². The molecule has 33 heavy (non-hydrogen) atoms. The fourth-order valence-corrected chi connectivity index (χ4v) is 4.27. The number of halogens is 1. The molecule has 0 aliphatic carbocycles. The van der Waals surface area contributed by atoms with Crippen molar-refractivity contribution in [3.8, 4) is 17.5 Å². The number of H-pyrrole nitrogens is 1. The molecule has 3 aromatic heterocycles. The summed E-state index contributed by atoms with van der Waals surface area (Å²) < 4.78 is 16.6. The smallest absolute Gasteiger partial charge is 0.272 e. The molecule has 0 aliphatic heterocycles. The number of hydrogen-bond acceptors (Lipinski definition) is 6. The lowest BCUT2D eigenvalue weighted by molar-refractivity contribution is 0.628. The summed E-state index contributed by atoms with van der Waals surface area (Å²) in [5, 5.41) is 21.3. The van der Waals surface area contributed by atoms with E-state index in [2.05, 4.69) is 20.3 Å². The highest BCUT2D eigenvalue weighted by atomic mass is 32.2. The third-order valence-electron chi connectivity index (χ3n) is 5.02. The van der Waals surface area contributed by atoms with E-state index in [1.54, 1.807) is 12.1 Å². The van der Waals surface area contributed by atoms with E-state index in [0.29, 0.717) is 40.2 Å². The number of thioether (sulfide) groups is 1. The van der Waals surface area contributed by atoms with Gasteiger partial charge in [-0.1, -0.05) is 42.1 Å². The van der Waals surface area contributed by atoms with Crippen LogP contribution in [-0.2, 0) is 12.3 Å². The highest BCUT2D eigenvalue weighted by molar-refractivity contribution is 7.98. The number of nitrogens with zero attached hydrogens (tertiary/aromatic N) is 6. The standard InChI is InChI=1S/C23H16FN7OS/c24-18-8-6-16(7-9-18)22-28-29-23(30(22)13-15-4-2-1-3-5-15)33-14-19-10-20(32)31-21(27-19)17(11-25)12-26-31/h1-10,12,26H,13-14H2. The van der Waals surface area contributed by atoms with Gasteiger partial charge in [0.1, 0.15) is 17.4 Å². The summed E-state index contributed by atoms with van der Waals surface area (Å²) in [7, 11) is 0. The lowest BCUT2D eigenvalue weighted by Gasteiger charge is -2.10. The van der Waals surface area contributed by atoms with Gasteiger partial charge in [-0.15, -0.1) is 10.2 Å². The average Bonchev–Trinajstić information content (AvgIpc) is 3.43. The maximum Gasteiger partial charge on any atom is 0.272 e. The highest BCUT2D eigenvalue weighted by Gasteiger charge is 2.16. The molecule has 0 saturated heterocycles. The molecule has 5 aromatic rings.